The lowest BCUT2D eigenvalue weighted by atomic mass is 10.0. The molecule has 0 radical (unpaired) electrons. The normalized spacial score (nSPS) is 11.4. The van der Waals surface area contributed by atoms with Crippen molar-refractivity contribution < 1.29 is 23.9 Å². The van der Waals surface area contributed by atoms with E-state index in [1.165, 1.54) is 18.4 Å². The van der Waals surface area contributed by atoms with Gasteiger partial charge in [-0.15, -0.1) is 0 Å². The van der Waals surface area contributed by atoms with E-state index in [0.717, 1.165) is 41.3 Å². The van der Waals surface area contributed by atoms with Crippen LogP contribution in [0.3, 0.4) is 0 Å². The molecule has 0 aromatic heterocycles. The minimum Gasteiger partial charge on any atom is -0.429 e. The lowest BCUT2D eigenvalue weighted by Gasteiger charge is -2.19. The van der Waals surface area contributed by atoms with E-state index in [4.69, 9.17) is 15.2 Å². The van der Waals surface area contributed by atoms with Crippen molar-refractivity contribution >= 4 is 39.6 Å². The molecule has 0 spiro atoms. The second-order valence-electron chi connectivity index (χ2n) is 10.4. The van der Waals surface area contributed by atoms with E-state index >= 15 is 0 Å². The Bertz CT molecular complexity index is 1300. The fourth-order valence-corrected chi connectivity index (χ4v) is 4.85. The van der Waals surface area contributed by atoms with Gasteiger partial charge in [-0.3, -0.25) is 9.59 Å². The molecule has 0 aliphatic rings. The summed E-state index contributed by atoms with van der Waals surface area (Å²) in [6.07, 6.45) is 6.70. The summed E-state index contributed by atoms with van der Waals surface area (Å²) in [7, 11) is 0. The van der Waals surface area contributed by atoms with Gasteiger partial charge < -0.3 is 25.8 Å². The van der Waals surface area contributed by atoms with Gasteiger partial charge in [0.25, 0.3) is 0 Å². The molecule has 43 heavy (non-hydrogen) atoms. The Kier molecular flexibility index (Phi) is 14.8. The summed E-state index contributed by atoms with van der Waals surface area (Å²) in [6, 6.07) is 21.3. The number of aryl methyl sites for hydroxylation is 1. The van der Waals surface area contributed by atoms with Crippen LogP contribution in [-0.4, -0.2) is 30.6 Å². The molecule has 0 bridgehead atoms. The highest BCUT2D eigenvalue weighted by Gasteiger charge is 2.22. The molecule has 3 aromatic carbocycles. The van der Waals surface area contributed by atoms with Crippen LogP contribution in [0.2, 0.25) is 0 Å². The van der Waals surface area contributed by atoms with Crippen molar-refractivity contribution in [3.63, 3.8) is 0 Å². The number of anilines is 1. The Morgan fingerprint density at radius 2 is 1.58 bits per heavy atom. The van der Waals surface area contributed by atoms with Crippen LogP contribution in [0.15, 0.2) is 77.3 Å². The summed E-state index contributed by atoms with van der Waals surface area (Å²) in [5.74, 6) is -0.175. The van der Waals surface area contributed by atoms with Crippen molar-refractivity contribution in [2.75, 3.05) is 11.9 Å². The van der Waals surface area contributed by atoms with Gasteiger partial charge in [0.15, 0.2) is 0 Å². The van der Waals surface area contributed by atoms with Gasteiger partial charge in [0, 0.05) is 28.6 Å². The largest absolute Gasteiger partial charge is 0.514 e. The molecule has 230 valence electrons. The van der Waals surface area contributed by atoms with Crippen LogP contribution in [0.25, 0.3) is 0 Å². The number of amides is 2. The predicted molar refractivity (Wildman–Crippen MR) is 173 cm³/mol. The number of nitrogens with one attached hydrogen (secondary N) is 2. The van der Waals surface area contributed by atoms with Crippen molar-refractivity contribution in [2.45, 2.75) is 77.4 Å². The molecular formula is C34H42BrN3O5. The number of hydrogen-bond donors (Lipinski definition) is 3. The number of carbonyl (C=O) groups is 3. The molecule has 0 saturated carbocycles. The molecule has 2 amide bonds. The van der Waals surface area contributed by atoms with Gasteiger partial charge in [-0.05, 0) is 73.7 Å². The van der Waals surface area contributed by atoms with Crippen molar-refractivity contribution in [1.29, 1.82) is 0 Å². The third-order valence-electron chi connectivity index (χ3n) is 6.92. The van der Waals surface area contributed by atoms with Gasteiger partial charge in [0.05, 0.1) is 0 Å². The van der Waals surface area contributed by atoms with Gasteiger partial charge in [0.2, 0.25) is 11.8 Å². The van der Waals surface area contributed by atoms with Crippen molar-refractivity contribution in [3.05, 3.63) is 94.0 Å². The van der Waals surface area contributed by atoms with Gasteiger partial charge >= 0.3 is 6.16 Å². The number of rotatable bonds is 17. The Morgan fingerprint density at radius 3 is 2.28 bits per heavy atom. The number of halogens is 1. The first-order valence-electron chi connectivity index (χ1n) is 14.9. The smallest absolute Gasteiger partial charge is 0.429 e. The maximum absolute atomic E-state index is 13.3. The molecule has 3 rings (SSSR count). The number of carbonyl (C=O) groups excluding carboxylic acids is 3. The zero-order valence-corrected chi connectivity index (χ0v) is 26.4. The maximum Gasteiger partial charge on any atom is 0.514 e. The van der Waals surface area contributed by atoms with Crippen molar-refractivity contribution in [1.82, 2.24) is 5.32 Å². The third kappa shape index (κ3) is 12.6. The van der Waals surface area contributed by atoms with Gasteiger partial charge in [0.1, 0.15) is 18.4 Å². The first-order valence-corrected chi connectivity index (χ1v) is 15.7. The molecule has 0 saturated heterocycles. The SMILES string of the molecule is CCCCCc1ccc(NC(=O)[C@H](Cc2ccc(OC(=O)OCc3ccccc3Br)cc2)NC(=O)CCCCCN)cc1. The van der Waals surface area contributed by atoms with E-state index in [0.29, 0.717) is 30.8 Å². The molecule has 0 unspecified atom stereocenters. The minimum absolute atomic E-state index is 0.0721. The highest BCUT2D eigenvalue weighted by molar-refractivity contribution is 9.10. The van der Waals surface area contributed by atoms with Crippen LogP contribution in [0.5, 0.6) is 5.75 Å². The lowest BCUT2D eigenvalue weighted by molar-refractivity contribution is -0.126. The van der Waals surface area contributed by atoms with Gasteiger partial charge in [-0.2, -0.15) is 0 Å². The Morgan fingerprint density at radius 1 is 0.860 bits per heavy atom. The predicted octanol–water partition coefficient (Wildman–Crippen LogP) is 7.08. The quantitative estimate of drug-likeness (QED) is 0.0815. The Hall–Kier alpha value is -3.69. The fraction of sp³-hybridized carbons (Fsp3) is 0.382. The average molecular weight is 653 g/mol. The van der Waals surface area contributed by atoms with Crippen LogP contribution in [0.1, 0.15) is 68.6 Å². The summed E-state index contributed by atoms with van der Waals surface area (Å²) < 4.78 is 11.4. The van der Waals surface area contributed by atoms with Gasteiger partial charge in [-0.1, -0.05) is 84.6 Å². The Balaban J connectivity index is 1.60. The van der Waals surface area contributed by atoms with Crippen LogP contribution < -0.4 is 21.1 Å². The number of hydrogen-bond acceptors (Lipinski definition) is 6. The summed E-state index contributed by atoms with van der Waals surface area (Å²) >= 11 is 3.42. The summed E-state index contributed by atoms with van der Waals surface area (Å²) in [4.78, 5) is 38.2. The summed E-state index contributed by atoms with van der Waals surface area (Å²) in [5.41, 5.74) is 9.08. The molecule has 3 aromatic rings. The maximum atomic E-state index is 13.3. The zero-order valence-electron chi connectivity index (χ0n) is 24.8. The van der Waals surface area contributed by atoms with E-state index in [9.17, 15) is 14.4 Å². The van der Waals surface area contributed by atoms with E-state index in [1.807, 2.05) is 48.5 Å². The topological polar surface area (TPSA) is 120 Å². The van der Waals surface area contributed by atoms with Crippen LogP contribution in [-0.2, 0) is 33.8 Å². The second kappa shape index (κ2) is 18.8. The molecular weight excluding hydrogens is 610 g/mol. The molecule has 1 atom stereocenters. The van der Waals surface area contributed by atoms with Gasteiger partial charge in [-0.25, -0.2) is 4.79 Å². The molecule has 9 heteroatoms. The highest BCUT2D eigenvalue weighted by Crippen LogP contribution is 2.19. The molecule has 0 heterocycles. The molecule has 4 N–H and O–H groups in total. The van der Waals surface area contributed by atoms with Crippen LogP contribution >= 0.6 is 15.9 Å². The number of ether oxygens (including phenoxy) is 2. The van der Waals surface area contributed by atoms with E-state index in [1.54, 1.807) is 24.3 Å². The summed E-state index contributed by atoms with van der Waals surface area (Å²) in [5, 5.41) is 5.85. The standard InChI is InChI=1S/C34H42BrN3O5/c1-2-3-5-10-25-14-18-28(19-15-25)37-33(40)31(38-32(39)13-6-4-9-22-36)23-26-16-20-29(21-17-26)43-34(41)42-24-27-11-7-8-12-30(27)35/h7-8,11-12,14-21,31H,2-6,9-10,13,22-24,36H2,1H3,(H,37,40)(H,38,39)/t31-/m0/s1. The third-order valence-corrected chi connectivity index (χ3v) is 7.69. The second-order valence-corrected chi connectivity index (χ2v) is 11.3. The highest BCUT2D eigenvalue weighted by atomic mass is 79.9. The van der Waals surface area contributed by atoms with Crippen molar-refractivity contribution in [2.24, 2.45) is 5.73 Å². The first-order chi connectivity index (χ1) is 20.9. The minimum atomic E-state index is -0.820. The van der Waals surface area contributed by atoms with Crippen LogP contribution in [0.4, 0.5) is 10.5 Å². The molecule has 0 fully saturated rings. The zero-order chi connectivity index (χ0) is 30.9. The monoisotopic (exact) mass is 651 g/mol. The fourth-order valence-electron chi connectivity index (χ4n) is 4.45. The molecule has 0 aliphatic heterocycles. The first kappa shape index (κ1) is 33.8. The van der Waals surface area contributed by atoms with Crippen LogP contribution in [0, 0.1) is 0 Å². The Labute approximate surface area is 262 Å². The average Bonchev–Trinajstić information content (AvgIpc) is 3.00. The number of unbranched alkanes of at least 4 members (excludes halogenated alkanes) is 4. The molecule has 0 aliphatic carbocycles. The van der Waals surface area contributed by atoms with Crippen molar-refractivity contribution in [3.8, 4) is 5.75 Å². The lowest BCUT2D eigenvalue weighted by Crippen LogP contribution is -2.45. The summed E-state index contributed by atoms with van der Waals surface area (Å²) in [6.45, 7) is 2.84. The number of nitrogens with two attached hydrogens (primary N) is 1. The number of benzene rings is 3. The van der Waals surface area contributed by atoms with E-state index in [-0.39, 0.29) is 24.8 Å². The molecule has 8 nitrogen and oxygen atoms in total. The van der Waals surface area contributed by atoms with E-state index in [2.05, 4.69) is 33.5 Å². The van der Waals surface area contributed by atoms with E-state index < -0.39 is 12.2 Å².